The average molecular weight is 166 g/mol. The molecule has 0 fully saturated rings. The Morgan fingerprint density at radius 3 is 2.69 bits per heavy atom. The van der Waals surface area contributed by atoms with E-state index < -0.39 is 0 Å². The van der Waals surface area contributed by atoms with Crippen LogP contribution in [0, 0.1) is 24.2 Å². The maximum Gasteiger partial charge on any atom is -0.00880 e. The van der Waals surface area contributed by atoms with E-state index in [0.717, 1.165) is 6.42 Å². The Morgan fingerprint density at radius 1 is 1.23 bits per heavy atom. The third-order valence-corrected chi connectivity index (χ3v) is 1.54. The topological polar surface area (TPSA) is 0 Å². The van der Waals surface area contributed by atoms with Gasteiger partial charge in [0.1, 0.15) is 0 Å². The van der Waals surface area contributed by atoms with Gasteiger partial charge in [-0.3, -0.25) is 0 Å². The van der Waals surface area contributed by atoms with Crippen molar-refractivity contribution in [2.75, 3.05) is 0 Å². The van der Waals surface area contributed by atoms with E-state index in [4.69, 9.17) is 6.42 Å². The Labute approximate surface area is 79.3 Å². The van der Waals surface area contributed by atoms with Gasteiger partial charge in [-0.15, -0.1) is 6.42 Å². The van der Waals surface area contributed by atoms with E-state index in [0.29, 0.717) is 0 Å². The fourth-order valence-corrected chi connectivity index (χ4v) is 0.951. The first-order valence-electron chi connectivity index (χ1n) is 4.08. The predicted octanol–water partition coefficient (Wildman–Crippen LogP) is 2.42. The molecule has 1 aromatic carbocycles. The summed E-state index contributed by atoms with van der Waals surface area (Å²) in [6.45, 7) is 0. The van der Waals surface area contributed by atoms with Crippen LogP contribution in [-0.2, 0) is 6.42 Å². The molecule has 1 aromatic rings. The van der Waals surface area contributed by atoms with Crippen molar-refractivity contribution in [3.8, 4) is 24.2 Å². The zero-order valence-electron chi connectivity index (χ0n) is 7.33. The summed E-state index contributed by atoms with van der Waals surface area (Å²) in [5.41, 5.74) is 1.28. The predicted molar refractivity (Wildman–Crippen MR) is 55.9 cm³/mol. The molecule has 62 valence electrons. The van der Waals surface area contributed by atoms with Gasteiger partial charge in [0, 0.05) is 0 Å². The highest BCUT2D eigenvalue weighted by atomic mass is 13.9. The molecule has 0 aliphatic carbocycles. The molecule has 0 aliphatic heterocycles. The van der Waals surface area contributed by atoms with Crippen molar-refractivity contribution in [1.82, 2.24) is 0 Å². The summed E-state index contributed by atoms with van der Waals surface area (Å²) >= 11 is 0. The second-order valence-electron chi connectivity index (χ2n) is 2.51. The molecule has 0 aromatic heterocycles. The van der Waals surface area contributed by atoms with Crippen molar-refractivity contribution in [3.05, 3.63) is 48.0 Å². The molecule has 0 saturated heterocycles. The van der Waals surface area contributed by atoms with Gasteiger partial charge in [-0.2, -0.15) is 0 Å². The van der Waals surface area contributed by atoms with E-state index in [1.54, 1.807) is 6.08 Å². The van der Waals surface area contributed by atoms with E-state index >= 15 is 0 Å². The van der Waals surface area contributed by atoms with E-state index in [1.165, 1.54) is 5.56 Å². The largest absolute Gasteiger partial charge is 0.106 e. The maximum atomic E-state index is 4.96. The molecule has 0 aliphatic rings. The molecule has 0 heteroatoms. The summed E-state index contributed by atoms with van der Waals surface area (Å²) in [7, 11) is 0. The third-order valence-electron chi connectivity index (χ3n) is 1.54. The van der Waals surface area contributed by atoms with E-state index in [9.17, 15) is 0 Å². The van der Waals surface area contributed by atoms with Gasteiger partial charge in [0.2, 0.25) is 0 Å². The second kappa shape index (κ2) is 5.70. The molecule has 0 atom stereocenters. The van der Waals surface area contributed by atoms with Crippen molar-refractivity contribution in [1.29, 1.82) is 0 Å². The van der Waals surface area contributed by atoms with Crippen molar-refractivity contribution in [2.24, 2.45) is 0 Å². The number of hydrogen-bond donors (Lipinski definition) is 0. The van der Waals surface area contributed by atoms with Crippen LogP contribution in [0.15, 0.2) is 42.5 Å². The van der Waals surface area contributed by atoms with E-state index in [1.807, 2.05) is 24.3 Å². The molecule has 0 unspecified atom stereocenters. The monoisotopic (exact) mass is 166 g/mol. The van der Waals surface area contributed by atoms with Crippen LogP contribution in [0.1, 0.15) is 5.56 Å². The standard InChI is InChI=1S/C13H10/c1-2-3-4-5-7-10-13-11-8-6-9-12-13/h1,5-9,11-12H,10H2. The lowest BCUT2D eigenvalue weighted by Gasteiger charge is -1.91. The Hall–Kier alpha value is -1.92. The zero-order valence-corrected chi connectivity index (χ0v) is 7.33. The molecular weight excluding hydrogens is 156 g/mol. The van der Waals surface area contributed by atoms with Crippen LogP contribution in [0.3, 0.4) is 0 Å². The summed E-state index contributed by atoms with van der Waals surface area (Å²) < 4.78 is 0. The summed E-state index contributed by atoms with van der Waals surface area (Å²) in [4.78, 5) is 0. The quantitative estimate of drug-likeness (QED) is 0.592. The Kier molecular flexibility index (Phi) is 4.02. The second-order valence-corrected chi connectivity index (χ2v) is 2.51. The highest BCUT2D eigenvalue weighted by Crippen LogP contribution is 1.99. The summed E-state index contributed by atoms with van der Waals surface area (Å²) in [6, 6.07) is 10.2. The SMILES string of the molecule is C#CC#CC=CCc1ccccc1. The molecule has 0 spiro atoms. The molecule has 0 bridgehead atoms. The first kappa shape index (κ1) is 9.17. The number of allylic oxidation sites excluding steroid dienone is 2. The molecule has 0 heterocycles. The van der Waals surface area contributed by atoms with Gasteiger partial charge < -0.3 is 0 Å². The van der Waals surface area contributed by atoms with Gasteiger partial charge >= 0.3 is 0 Å². The lowest BCUT2D eigenvalue weighted by atomic mass is 10.1. The number of benzene rings is 1. The van der Waals surface area contributed by atoms with Gasteiger partial charge in [0.05, 0.1) is 0 Å². The molecule has 0 amide bonds. The fourth-order valence-electron chi connectivity index (χ4n) is 0.951. The lowest BCUT2D eigenvalue weighted by Crippen LogP contribution is -1.77. The van der Waals surface area contributed by atoms with Crippen LogP contribution in [0.4, 0.5) is 0 Å². The summed E-state index contributed by atoms with van der Waals surface area (Å²) in [5, 5.41) is 0. The highest BCUT2D eigenvalue weighted by Gasteiger charge is 1.83. The molecule has 0 nitrogen and oxygen atoms in total. The maximum absolute atomic E-state index is 4.96. The summed E-state index contributed by atoms with van der Waals surface area (Å²) in [6.07, 6.45) is 9.65. The third kappa shape index (κ3) is 3.85. The molecular formula is C13H10. The van der Waals surface area contributed by atoms with Gasteiger partial charge in [0.25, 0.3) is 0 Å². The number of terminal acetylenes is 1. The van der Waals surface area contributed by atoms with Gasteiger partial charge in [-0.25, -0.2) is 0 Å². The number of rotatable bonds is 2. The minimum atomic E-state index is 0.903. The Morgan fingerprint density at radius 2 is 2.00 bits per heavy atom. The Bertz CT molecular complexity index is 366. The van der Waals surface area contributed by atoms with Crippen molar-refractivity contribution < 1.29 is 0 Å². The highest BCUT2D eigenvalue weighted by molar-refractivity contribution is 5.29. The van der Waals surface area contributed by atoms with Crippen LogP contribution in [-0.4, -0.2) is 0 Å². The zero-order chi connectivity index (χ0) is 9.36. The van der Waals surface area contributed by atoms with Gasteiger partial charge in [-0.1, -0.05) is 42.3 Å². The summed E-state index contributed by atoms with van der Waals surface area (Å²) in [5.74, 6) is 7.52. The molecule has 0 N–H and O–H groups in total. The van der Waals surface area contributed by atoms with E-state index in [2.05, 4.69) is 29.9 Å². The smallest absolute Gasteiger partial charge is 0.00880 e. The van der Waals surface area contributed by atoms with Crippen molar-refractivity contribution in [3.63, 3.8) is 0 Å². The lowest BCUT2D eigenvalue weighted by molar-refractivity contribution is 1.27. The minimum absolute atomic E-state index is 0.903. The molecule has 1 rings (SSSR count). The Balaban J connectivity index is 2.45. The van der Waals surface area contributed by atoms with Crippen molar-refractivity contribution >= 4 is 0 Å². The van der Waals surface area contributed by atoms with Crippen LogP contribution in [0.25, 0.3) is 0 Å². The van der Waals surface area contributed by atoms with E-state index in [-0.39, 0.29) is 0 Å². The fraction of sp³-hybridized carbons (Fsp3) is 0.0769. The van der Waals surface area contributed by atoms with Gasteiger partial charge in [0.15, 0.2) is 0 Å². The van der Waals surface area contributed by atoms with Crippen molar-refractivity contribution in [2.45, 2.75) is 6.42 Å². The van der Waals surface area contributed by atoms with Crippen LogP contribution in [0.5, 0.6) is 0 Å². The normalized spacial score (nSPS) is 8.85. The first-order chi connectivity index (χ1) is 6.43. The number of hydrogen-bond acceptors (Lipinski definition) is 0. The molecule has 13 heavy (non-hydrogen) atoms. The van der Waals surface area contributed by atoms with Crippen LogP contribution < -0.4 is 0 Å². The minimum Gasteiger partial charge on any atom is -0.106 e. The molecule has 0 saturated carbocycles. The van der Waals surface area contributed by atoms with Crippen LogP contribution >= 0.6 is 0 Å². The first-order valence-corrected chi connectivity index (χ1v) is 4.08. The molecule has 0 radical (unpaired) electrons. The van der Waals surface area contributed by atoms with Crippen LogP contribution in [0.2, 0.25) is 0 Å². The van der Waals surface area contributed by atoms with Gasteiger partial charge in [-0.05, 0) is 29.9 Å². The average Bonchev–Trinajstić information content (AvgIpc) is 2.19.